The van der Waals surface area contributed by atoms with Crippen molar-refractivity contribution in [2.45, 2.75) is 19.6 Å². The predicted molar refractivity (Wildman–Crippen MR) is 36.0 cm³/mol. The first kappa shape index (κ1) is 6.69. The lowest BCUT2D eigenvalue weighted by molar-refractivity contribution is 1.27. The lowest BCUT2D eigenvalue weighted by atomic mass is 11.6. The number of nitrogens with two attached hydrogens (primary N) is 1. The van der Waals surface area contributed by atoms with Crippen molar-refractivity contribution < 1.29 is 0 Å². The third-order valence-corrected chi connectivity index (χ3v) is 1.39. The summed E-state index contributed by atoms with van der Waals surface area (Å²) in [5, 5.41) is 3.44. The molecule has 0 aromatic heterocycles. The highest BCUT2D eigenvalue weighted by Crippen LogP contribution is 1.92. The van der Waals surface area contributed by atoms with Crippen molar-refractivity contribution in [2.24, 2.45) is 10.9 Å². The van der Waals surface area contributed by atoms with Gasteiger partial charge < -0.3 is 5.84 Å². The number of hydrogen-bond donors (Lipinski definition) is 1. The molecule has 0 radical (unpaired) electrons. The number of hydrogen-bond acceptors (Lipinski definition) is 2. The maximum absolute atomic E-state index is 4.92. The number of nitrogens with zero attached hydrogens (tertiary/aromatic N) is 1. The largest absolute Gasteiger partial charge is 0.324 e. The van der Waals surface area contributed by atoms with E-state index in [1.807, 2.05) is 5.84 Å². The molecule has 0 aliphatic rings. The Morgan fingerprint density at radius 1 is 1.43 bits per heavy atom. The first-order chi connectivity index (χ1) is 3.06. The molecule has 42 valence electrons. The van der Waals surface area contributed by atoms with Crippen LogP contribution in [0.15, 0.2) is 5.10 Å². The van der Waals surface area contributed by atoms with Crippen LogP contribution in [0.25, 0.3) is 0 Å². The Labute approximate surface area is 45.4 Å². The topological polar surface area (TPSA) is 38.4 Å². The van der Waals surface area contributed by atoms with Gasteiger partial charge in [0.1, 0.15) is 0 Å². The van der Waals surface area contributed by atoms with Gasteiger partial charge in [0.05, 0.1) is 8.07 Å². The molecule has 3 heteroatoms. The van der Waals surface area contributed by atoms with Crippen molar-refractivity contribution in [1.82, 2.24) is 0 Å². The van der Waals surface area contributed by atoms with E-state index in [9.17, 15) is 0 Å². The Hall–Kier alpha value is -0.313. The predicted octanol–water partition coefficient (Wildman–Crippen LogP) is 0.808. The summed E-state index contributed by atoms with van der Waals surface area (Å²) in [5.41, 5.74) is 0. The molecule has 0 bridgehead atoms. The standard InChI is InChI=1S/C4H12N2Si/c1-7(2,3)4-6-5/h4H,5H2,1-3H3. The number of rotatable bonds is 1. The van der Waals surface area contributed by atoms with Gasteiger partial charge in [0.15, 0.2) is 0 Å². The Morgan fingerprint density at radius 2 is 1.86 bits per heavy atom. The van der Waals surface area contributed by atoms with Gasteiger partial charge in [-0.1, -0.05) is 19.6 Å². The molecule has 0 unspecified atom stereocenters. The van der Waals surface area contributed by atoms with Crippen molar-refractivity contribution in [3.05, 3.63) is 0 Å². The maximum atomic E-state index is 4.92. The second-order valence-corrected chi connectivity index (χ2v) is 7.63. The zero-order valence-corrected chi connectivity index (χ0v) is 6.10. The van der Waals surface area contributed by atoms with Gasteiger partial charge in [0.25, 0.3) is 0 Å². The van der Waals surface area contributed by atoms with Crippen LogP contribution in [0, 0.1) is 0 Å². The van der Waals surface area contributed by atoms with E-state index in [1.54, 1.807) is 0 Å². The summed E-state index contributed by atoms with van der Waals surface area (Å²) in [6, 6.07) is 0. The fourth-order valence-electron chi connectivity index (χ4n) is 0.224. The molecule has 0 aromatic carbocycles. The zero-order valence-electron chi connectivity index (χ0n) is 5.10. The third kappa shape index (κ3) is 5.69. The molecular formula is C4H12N2Si. The zero-order chi connectivity index (χ0) is 5.91. The minimum Gasteiger partial charge on any atom is -0.324 e. The summed E-state index contributed by atoms with van der Waals surface area (Å²) in [4.78, 5) is 0. The van der Waals surface area contributed by atoms with Crippen LogP contribution in [0.5, 0.6) is 0 Å². The first-order valence-corrected chi connectivity index (χ1v) is 5.88. The van der Waals surface area contributed by atoms with Crippen molar-refractivity contribution in [3.63, 3.8) is 0 Å². The first-order valence-electron chi connectivity index (χ1n) is 2.31. The molecular weight excluding hydrogens is 104 g/mol. The molecule has 0 saturated carbocycles. The molecule has 0 rings (SSSR count). The van der Waals surface area contributed by atoms with Gasteiger partial charge in [-0.25, -0.2) is 5.10 Å². The van der Waals surface area contributed by atoms with Crippen molar-refractivity contribution >= 4 is 13.9 Å². The smallest absolute Gasteiger partial charge is 0.0940 e. The van der Waals surface area contributed by atoms with E-state index < -0.39 is 8.07 Å². The molecule has 0 aliphatic carbocycles. The Kier molecular flexibility index (Phi) is 2.02. The molecule has 0 heterocycles. The van der Waals surface area contributed by atoms with Crippen LogP contribution < -0.4 is 5.84 Å². The Balaban J connectivity index is 3.56. The van der Waals surface area contributed by atoms with E-state index in [-0.39, 0.29) is 0 Å². The fourth-order valence-corrected chi connectivity index (χ4v) is 0.671. The average Bonchev–Trinajstić information content (AvgIpc) is 1.30. The fraction of sp³-hybridized carbons (Fsp3) is 0.750. The molecule has 0 saturated heterocycles. The molecule has 0 aromatic rings. The van der Waals surface area contributed by atoms with Gasteiger partial charge in [0.2, 0.25) is 0 Å². The molecule has 0 atom stereocenters. The van der Waals surface area contributed by atoms with E-state index in [4.69, 9.17) is 5.84 Å². The number of hydrazone groups is 1. The summed E-state index contributed by atoms with van der Waals surface area (Å²) in [6.07, 6.45) is 0. The third-order valence-electron chi connectivity index (χ3n) is 0.462. The molecule has 0 aliphatic heterocycles. The highest BCUT2D eigenvalue weighted by Gasteiger charge is 2.07. The molecule has 0 spiro atoms. The highest BCUT2D eigenvalue weighted by molar-refractivity contribution is 6.99. The van der Waals surface area contributed by atoms with Crippen LogP contribution in [0.2, 0.25) is 19.6 Å². The minimum atomic E-state index is -1.07. The van der Waals surface area contributed by atoms with Crippen LogP contribution in [0.4, 0.5) is 0 Å². The summed E-state index contributed by atoms with van der Waals surface area (Å²) in [6.45, 7) is 6.55. The van der Waals surface area contributed by atoms with Gasteiger partial charge >= 0.3 is 0 Å². The minimum absolute atomic E-state index is 1.07. The van der Waals surface area contributed by atoms with Gasteiger partial charge in [0, 0.05) is 5.84 Å². The van der Waals surface area contributed by atoms with Crippen LogP contribution in [0.3, 0.4) is 0 Å². The molecule has 2 nitrogen and oxygen atoms in total. The van der Waals surface area contributed by atoms with Crippen molar-refractivity contribution in [3.8, 4) is 0 Å². The van der Waals surface area contributed by atoms with Crippen LogP contribution in [-0.4, -0.2) is 13.9 Å². The highest BCUT2D eigenvalue weighted by atomic mass is 28.3. The van der Waals surface area contributed by atoms with Gasteiger partial charge in [-0.05, 0) is 0 Å². The second-order valence-electron chi connectivity index (χ2n) is 2.64. The summed E-state index contributed by atoms with van der Waals surface area (Å²) in [5.74, 6) is 6.77. The molecule has 7 heavy (non-hydrogen) atoms. The lowest BCUT2D eigenvalue weighted by Gasteiger charge is -2.03. The van der Waals surface area contributed by atoms with E-state index in [0.29, 0.717) is 0 Å². The second kappa shape index (κ2) is 2.11. The average molecular weight is 116 g/mol. The Morgan fingerprint density at radius 3 is 1.86 bits per heavy atom. The Bertz CT molecular complexity index is 72.2. The van der Waals surface area contributed by atoms with E-state index >= 15 is 0 Å². The SMILES string of the molecule is C[Si](C)(C)C=NN. The van der Waals surface area contributed by atoms with Crippen LogP contribution in [0.1, 0.15) is 0 Å². The van der Waals surface area contributed by atoms with Crippen LogP contribution in [-0.2, 0) is 0 Å². The van der Waals surface area contributed by atoms with E-state index in [1.165, 1.54) is 0 Å². The van der Waals surface area contributed by atoms with E-state index in [2.05, 4.69) is 24.7 Å². The maximum Gasteiger partial charge on any atom is 0.0940 e. The molecule has 0 amide bonds. The van der Waals surface area contributed by atoms with Gasteiger partial charge in [-0.3, -0.25) is 0 Å². The summed E-state index contributed by atoms with van der Waals surface area (Å²) in [7, 11) is -1.07. The van der Waals surface area contributed by atoms with Crippen molar-refractivity contribution in [2.75, 3.05) is 0 Å². The van der Waals surface area contributed by atoms with Crippen LogP contribution >= 0.6 is 0 Å². The molecule has 2 N–H and O–H groups in total. The van der Waals surface area contributed by atoms with Gasteiger partial charge in [-0.2, -0.15) is 0 Å². The quantitative estimate of drug-likeness (QED) is 0.234. The normalized spacial score (nSPS) is 13.0. The molecule has 0 fully saturated rings. The van der Waals surface area contributed by atoms with E-state index in [0.717, 1.165) is 0 Å². The van der Waals surface area contributed by atoms with Crippen molar-refractivity contribution in [1.29, 1.82) is 0 Å². The monoisotopic (exact) mass is 116 g/mol. The van der Waals surface area contributed by atoms with Gasteiger partial charge in [-0.15, -0.1) is 0 Å². The lowest BCUT2D eigenvalue weighted by Crippen LogP contribution is -2.22. The summed E-state index contributed by atoms with van der Waals surface area (Å²) < 4.78 is 0. The summed E-state index contributed by atoms with van der Waals surface area (Å²) >= 11 is 0.